The molecule has 42 heavy (non-hydrogen) atoms. The molecule has 0 N–H and O–H groups in total. The zero-order valence-corrected chi connectivity index (χ0v) is 25.4. The highest BCUT2D eigenvalue weighted by atomic mass is 32.1. The van der Waals surface area contributed by atoms with Crippen LogP contribution >= 0.6 is 11.3 Å². The summed E-state index contributed by atoms with van der Waals surface area (Å²) in [6.45, 7) is 8.36. The number of alkyl halides is 3. The van der Waals surface area contributed by atoms with Gasteiger partial charge in [0, 0.05) is 37.5 Å². The van der Waals surface area contributed by atoms with Gasteiger partial charge in [-0.05, 0) is 57.9 Å². The predicted octanol–water partition coefficient (Wildman–Crippen LogP) is 6.39. The number of nitrogens with zero attached hydrogens (tertiary/aromatic N) is 7. The molecule has 3 aromatic rings. The summed E-state index contributed by atoms with van der Waals surface area (Å²) in [5, 5.41) is 8.26. The van der Waals surface area contributed by atoms with Gasteiger partial charge >= 0.3 is 12.1 Å². The van der Waals surface area contributed by atoms with E-state index in [9.17, 15) is 18.0 Å². The van der Waals surface area contributed by atoms with Crippen molar-refractivity contribution in [1.29, 1.82) is 0 Å². The zero-order chi connectivity index (χ0) is 29.9. The van der Waals surface area contributed by atoms with E-state index in [1.54, 1.807) is 11.3 Å². The Morgan fingerprint density at radius 2 is 1.95 bits per heavy atom. The van der Waals surface area contributed by atoms with Gasteiger partial charge in [0.05, 0.1) is 18.0 Å². The second-order valence-electron chi connectivity index (χ2n) is 11.6. The fourth-order valence-corrected chi connectivity index (χ4v) is 7.05. The van der Waals surface area contributed by atoms with Gasteiger partial charge in [-0.2, -0.15) is 18.2 Å². The summed E-state index contributed by atoms with van der Waals surface area (Å²) in [6.07, 6.45) is 4.04. The molecule has 0 radical (unpaired) electrons. The highest BCUT2D eigenvalue weighted by molar-refractivity contribution is 7.18. The van der Waals surface area contributed by atoms with Crippen LogP contribution in [-0.2, 0) is 35.2 Å². The largest absolute Gasteiger partial charge is 0.463 e. The van der Waals surface area contributed by atoms with Crippen LogP contribution in [0.25, 0.3) is 10.2 Å². The topological polar surface area (TPSA) is 89.3 Å². The van der Waals surface area contributed by atoms with Crippen molar-refractivity contribution in [2.45, 2.75) is 104 Å². The van der Waals surface area contributed by atoms with Crippen LogP contribution in [0, 0.1) is 5.92 Å². The molecule has 1 unspecified atom stereocenters. The van der Waals surface area contributed by atoms with Gasteiger partial charge in [-0.15, -0.1) is 21.5 Å². The average Bonchev–Trinajstić information content (AvgIpc) is 3.56. The summed E-state index contributed by atoms with van der Waals surface area (Å²) in [6, 6.07) is 2.14. The van der Waals surface area contributed by atoms with Crippen LogP contribution < -0.4 is 9.80 Å². The van der Waals surface area contributed by atoms with E-state index in [1.165, 1.54) is 9.44 Å². The lowest BCUT2D eigenvalue weighted by Crippen LogP contribution is -2.38. The lowest BCUT2D eigenvalue weighted by molar-refractivity contribution is -0.148. The second-order valence-corrected chi connectivity index (χ2v) is 12.7. The molecule has 1 fully saturated rings. The smallest absolute Gasteiger partial charge is 0.451 e. The van der Waals surface area contributed by atoms with Crippen LogP contribution in [0.4, 0.5) is 24.9 Å². The van der Waals surface area contributed by atoms with Gasteiger partial charge in [0.15, 0.2) is 5.82 Å². The van der Waals surface area contributed by atoms with Gasteiger partial charge in [0.25, 0.3) is 0 Å². The Labute approximate surface area is 248 Å². The maximum Gasteiger partial charge on any atom is 0.451 e. The number of aromatic nitrogens is 5. The number of hydrogen-bond acceptors (Lipinski definition) is 9. The van der Waals surface area contributed by atoms with E-state index in [1.807, 2.05) is 18.7 Å². The Kier molecular flexibility index (Phi) is 9.54. The van der Waals surface area contributed by atoms with Gasteiger partial charge in [0.1, 0.15) is 10.6 Å². The Morgan fingerprint density at radius 3 is 2.71 bits per heavy atom. The lowest BCUT2D eigenvalue weighted by atomic mass is 9.92. The highest BCUT2D eigenvalue weighted by Gasteiger charge is 2.40. The molecule has 0 aromatic carbocycles. The fraction of sp³-hybridized carbons (Fsp3) is 0.690. The molecular formula is C29H40F3N7O2S. The van der Waals surface area contributed by atoms with E-state index in [0.717, 1.165) is 80.5 Å². The monoisotopic (exact) mass is 607 g/mol. The molecule has 0 spiro atoms. The van der Waals surface area contributed by atoms with E-state index in [-0.39, 0.29) is 25.2 Å². The second kappa shape index (κ2) is 13.1. The number of thiophene rings is 1. The minimum absolute atomic E-state index is 0.0718. The van der Waals surface area contributed by atoms with Gasteiger partial charge in [-0.25, -0.2) is 4.98 Å². The third-order valence-corrected chi connectivity index (χ3v) is 8.97. The zero-order valence-electron chi connectivity index (χ0n) is 24.6. The highest BCUT2D eigenvalue weighted by Crippen LogP contribution is 2.37. The summed E-state index contributed by atoms with van der Waals surface area (Å²) in [5.41, 5.74) is 0. The molecule has 0 saturated carbocycles. The maximum absolute atomic E-state index is 13.4. The summed E-state index contributed by atoms with van der Waals surface area (Å²) >= 11 is 1.67. The van der Waals surface area contributed by atoms with E-state index in [4.69, 9.17) is 14.7 Å². The Balaban J connectivity index is 1.30. The number of anilines is 2. The molecule has 230 valence electrons. The lowest BCUT2D eigenvalue weighted by Gasteiger charge is -2.34. The summed E-state index contributed by atoms with van der Waals surface area (Å²) in [7, 11) is 0. The molecular weight excluding hydrogens is 567 g/mol. The van der Waals surface area contributed by atoms with Crippen molar-refractivity contribution in [3.63, 3.8) is 0 Å². The normalized spacial score (nSPS) is 17.7. The standard InChI is InChI=1S/C29H40F3N7O2S/c1-4-9-21-16-22-25(37-14-15-39-23(18-37)35-36-27(39)29(30,31)32)33-28(34-26(22)42-21)38-13-8-11-20(17-38)10-6-5-7-12-24(40)41-19(2)3/h16,19-20H,4-15,17-18H2,1-3H3. The quantitative estimate of drug-likeness (QED) is 0.183. The molecule has 0 bridgehead atoms. The van der Waals surface area contributed by atoms with Crippen LogP contribution in [-0.4, -0.2) is 56.4 Å². The third-order valence-electron chi connectivity index (χ3n) is 7.88. The molecule has 0 amide bonds. The number of halogens is 3. The van der Waals surface area contributed by atoms with Gasteiger partial charge in [-0.3, -0.25) is 4.79 Å². The van der Waals surface area contributed by atoms with E-state index in [2.05, 4.69) is 28.1 Å². The predicted molar refractivity (Wildman–Crippen MR) is 157 cm³/mol. The summed E-state index contributed by atoms with van der Waals surface area (Å²) in [4.78, 5) is 28.3. The fourth-order valence-electron chi connectivity index (χ4n) is 5.93. The number of piperidine rings is 1. The van der Waals surface area contributed by atoms with E-state index in [0.29, 0.717) is 30.7 Å². The van der Waals surface area contributed by atoms with Crippen LogP contribution in [0.15, 0.2) is 6.07 Å². The SMILES string of the molecule is CCCc1cc2c(N3CCn4c(nnc4C(F)(F)F)C3)nc(N3CCCC(CCCCCC(=O)OC(C)C)C3)nc2s1. The molecule has 2 aliphatic heterocycles. The van der Waals surface area contributed by atoms with Crippen molar-refractivity contribution in [1.82, 2.24) is 24.7 Å². The minimum atomic E-state index is -4.53. The van der Waals surface area contributed by atoms with E-state index < -0.39 is 12.0 Å². The van der Waals surface area contributed by atoms with Crippen molar-refractivity contribution in [3.8, 4) is 0 Å². The number of unbranched alkanes of at least 4 members (excludes halogenated alkanes) is 2. The van der Waals surface area contributed by atoms with Crippen molar-refractivity contribution in [2.24, 2.45) is 5.92 Å². The Bertz CT molecular complexity index is 1370. The van der Waals surface area contributed by atoms with E-state index >= 15 is 0 Å². The Morgan fingerprint density at radius 1 is 1.12 bits per heavy atom. The minimum Gasteiger partial charge on any atom is -0.463 e. The van der Waals surface area contributed by atoms with Crippen LogP contribution in [0.2, 0.25) is 0 Å². The van der Waals surface area contributed by atoms with Crippen LogP contribution in [0.1, 0.15) is 88.7 Å². The molecule has 5 rings (SSSR count). The number of ether oxygens (including phenoxy) is 1. The number of fused-ring (bicyclic) bond motifs is 2. The van der Waals surface area contributed by atoms with Gasteiger partial charge < -0.3 is 19.1 Å². The number of hydrogen-bond donors (Lipinski definition) is 0. The number of aryl methyl sites for hydroxylation is 1. The Hall–Kier alpha value is -2.96. The van der Waals surface area contributed by atoms with Gasteiger partial charge in [-0.1, -0.05) is 26.2 Å². The molecule has 1 saturated heterocycles. The molecule has 1 atom stereocenters. The van der Waals surface area contributed by atoms with Crippen molar-refractivity contribution in [2.75, 3.05) is 29.4 Å². The first kappa shape index (κ1) is 30.5. The van der Waals surface area contributed by atoms with Crippen molar-refractivity contribution in [3.05, 3.63) is 22.6 Å². The maximum atomic E-state index is 13.4. The first-order valence-corrected chi connectivity index (χ1v) is 15.9. The number of carbonyl (C=O) groups excluding carboxylic acids is 1. The number of esters is 1. The third kappa shape index (κ3) is 7.15. The van der Waals surface area contributed by atoms with Crippen molar-refractivity contribution >= 4 is 39.3 Å². The van der Waals surface area contributed by atoms with Gasteiger partial charge in [0.2, 0.25) is 11.8 Å². The molecule has 0 aliphatic carbocycles. The summed E-state index contributed by atoms with van der Waals surface area (Å²) < 4.78 is 46.6. The first-order chi connectivity index (χ1) is 20.1. The van der Waals surface area contributed by atoms with Crippen LogP contribution in [0.5, 0.6) is 0 Å². The number of rotatable bonds is 11. The average molecular weight is 608 g/mol. The molecule has 9 nitrogen and oxygen atoms in total. The van der Waals surface area contributed by atoms with Crippen molar-refractivity contribution < 1.29 is 22.7 Å². The van der Waals surface area contributed by atoms with Crippen LogP contribution in [0.3, 0.4) is 0 Å². The first-order valence-electron chi connectivity index (χ1n) is 15.1. The number of carbonyl (C=O) groups is 1. The molecule has 3 aromatic heterocycles. The molecule has 2 aliphatic rings. The summed E-state index contributed by atoms with van der Waals surface area (Å²) in [5.74, 6) is 1.20. The molecule has 13 heteroatoms. The molecule has 5 heterocycles.